The fraction of sp³-hybridized carbons (Fsp3) is 0.733. The van der Waals surface area contributed by atoms with Crippen LogP contribution in [0.1, 0.15) is 52.3 Å². The van der Waals surface area contributed by atoms with E-state index in [1.54, 1.807) is 0 Å². The number of anilines is 2. The normalized spacial score (nSPS) is 12.8. The second-order valence-corrected chi connectivity index (χ2v) is 5.43. The SMILES string of the molecule is CCC(CC)C(O)CNc1cc(NC)nc(C(C)C)n1. The molecule has 0 aliphatic carbocycles. The zero-order valence-electron chi connectivity index (χ0n) is 13.3. The Labute approximate surface area is 122 Å². The number of aromatic nitrogens is 2. The molecule has 20 heavy (non-hydrogen) atoms. The Morgan fingerprint density at radius 3 is 2.25 bits per heavy atom. The molecule has 0 amide bonds. The van der Waals surface area contributed by atoms with Crippen molar-refractivity contribution in [1.29, 1.82) is 0 Å². The van der Waals surface area contributed by atoms with Crippen LogP contribution < -0.4 is 10.6 Å². The predicted octanol–water partition coefficient (Wildman–Crippen LogP) is 2.85. The molecule has 1 atom stereocenters. The molecule has 5 nitrogen and oxygen atoms in total. The summed E-state index contributed by atoms with van der Waals surface area (Å²) in [6.45, 7) is 8.87. The lowest BCUT2D eigenvalue weighted by Gasteiger charge is -2.21. The molecule has 1 unspecified atom stereocenters. The lowest BCUT2D eigenvalue weighted by atomic mass is 9.97. The van der Waals surface area contributed by atoms with Crippen LogP contribution in [0.4, 0.5) is 11.6 Å². The van der Waals surface area contributed by atoms with Gasteiger partial charge in [-0.2, -0.15) is 0 Å². The van der Waals surface area contributed by atoms with Gasteiger partial charge in [0.15, 0.2) is 0 Å². The maximum Gasteiger partial charge on any atom is 0.135 e. The van der Waals surface area contributed by atoms with Crippen LogP contribution in [0.15, 0.2) is 6.07 Å². The molecule has 1 aromatic heterocycles. The van der Waals surface area contributed by atoms with Crippen LogP contribution in [0.2, 0.25) is 0 Å². The standard InChI is InChI=1S/C15H28N4O/c1-6-11(7-2)12(20)9-17-14-8-13(16-5)18-15(19-14)10(3)4/h8,10-12,20H,6-7,9H2,1-5H3,(H2,16,17,18,19). The summed E-state index contributed by atoms with van der Waals surface area (Å²) in [5.41, 5.74) is 0. The lowest BCUT2D eigenvalue weighted by Crippen LogP contribution is -2.28. The zero-order valence-corrected chi connectivity index (χ0v) is 13.3. The molecule has 0 saturated carbocycles. The van der Waals surface area contributed by atoms with E-state index in [4.69, 9.17) is 0 Å². The van der Waals surface area contributed by atoms with Gasteiger partial charge in [0, 0.05) is 25.6 Å². The van der Waals surface area contributed by atoms with Gasteiger partial charge < -0.3 is 15.7 Å². The second-order valence-electron chi connectivity index (χ2n) is 5.43. The third-order valence-corrected chi connectivity index (χ3v) is 3.60. The highest BCUT2D eigenvalue weighted by atomic mass is 16.3. The zero-order chi connectivity index (χ0) is 15.1. The van der Waals surface area contributed by atoms with Crippen molar-refractivity contribution >= 4 is 11.6 Å². The van der Waals surface area contributed by atoms with Crippen LogP contribution in [0.25, 0.3) is 0 Å². The van der Waals surface area contributed by atoms with Crippen LogP contribution in [0, 0.1) is 5.92 Å². The van der Waals surface area contributed by atoms with Crippen molar-refractivity contribution in [3.8, 4) is 0 Å². The van der Waals surface area contributed by atoms with Crippen LogP contribution >= 0.6 is 0 Å². The first-order chi connectivity index (χ1) is 9.51. The Balaban J connectivity index is 2.74. The topological polar surface area (TPSA) is 70.1 Å². The van der Waals surface area contributed by atoms with Crippen LogP contribution in [-0.4, -0.2) is 34.8 Å². The summed E-state index contributed by atoms with van der Waals surface area (Å²) in [5, 5.41) is 16.4. The first-order valence-electron chi connectivity index (χ1n) is 7.50. The fourth-order valence-corrected chi connectivity index (χ4v) is 2.15. The van der Waals surface area contributed by atoms with Crippen LogP contribution in [-0.2, 0) is 0 Å². The van der Waals surface area contributed by atoms with Crippen LogP contribution in [0.3, 0.4) is 0 Å². The van der Waals surface area contributed by atoms with Gasteiger partial charge in [-0.25, -0.2) is 9.97 Å². The third-order valence-electron chi connectivity index (χ3n) is 3.60. The molecule has 0 saturated heterocycles. The highest BCUT2D eigenvalue weighted by Gasteiger charge is 2.15. The Morgan fingerprint density at radius 1 is 1.15 bits per heavy atom. The molecule has 0 aromatic carbocycles. The minimum absolute atomic E-state index is 0.271. The van der Waals surface area contributed by atoms with Crippen molar-refractivity contribution in [3.63, 3.8) is 0 Å². The fourth-order valence-electron chi connectivity index (χ4n) is 2.15. The summed E-state index contributed by atoms with van der Waals surface area (Å²) in [7, 11) is 1.84. The van der Waals surface area contributed by atoms with Crippen molar-refractivity contribution in [2.75, 3.05) is 24.2 Å². The number of hydrogen-bond acceptors (Lipinski definition) is 5. The maximum absolute atomic E-state index is 10.2. The summed E-state index contributed by atoms with van der Waals surface area (Å²) in [6, 6.07) is 1.87. The number of nitrogens with one attached hydrogen (secondary N) is 2. The monoisotopic (exact) mass is 280 g/mol. The highest BCUT2D eigenvalue weighted by molar-refractivity contribution is 5.47. The van der Waals surface area contributed by atoms with Crippen molar-refractivity contribution in [3.05, 3.63) is 11.9 Å². The van der Waals surface area contributed by atoms with Gasteiger partial charge in [-0.3, -0.25) is 0 Å². The maximum atomic E-state index is 10.2. The van der Waals surface area contributed by atoms with E-state index in [9.17, 15) is 5.11 Å². The van der Waals surface area contributed by atoms with Gasteiger partial charge in [0.1, 0.15) is 17.5 Å². The number of rotatable bonds is 8. The summed E-state index contributed by atoms with van der Waals surface area (Å²) in [6.07, 6.45) is 1.63. The van der Waals surface area contributed by atoms with E-state index in [1.807, 2.05) is 13.1 Å². The average molecular weight is 280 g/mol. The van der Waals surface area contributed by atoms with E-state index < -0.39 is 0 Å². The van der Waals surface area contributed by atoms with E-state index in [2.05, 4.69) is 48.3 Å². The van der Waals surface area contributed by atoms with E-state index in [1.165, 1.54) is 0 Å². The van der Waals surface area contributed by atoms with Gasteiger partial charge in [0.25, 0.3) is 0 Å². The van der Waals surface area contributed by atoms with E-state index >= 15 is 0 Å². The molecule has 0 spiro atoms. The summed E-state index contributed by atoms with van der Waals surface area (Å²) in [4.78, 5) is 8.91. The first-order valence-corrected chi connectivity index (χ1v) is 7.50. The molecule has 0 bridgehead atoms. The van der Waals surface area contributed by atoms with Crippen LogP contribution in [0.5, 0.6) is 0 Å². The van der Waals surface area contributed by atoms with Crippen molar-refractivity contribution in [1.82, 2.24) is 9.97 Å². The predicted molar refractivity (Wildman–Crippen MR) is 84.2 cm³/mol. The number of hydrogen-bond donors (Lipinski definition) is 3. The summed E-state index contributed by atoms with van der Waals surface area (Å²) >= 11 is 0. The largest absolute Gasteiger partial charge is 0.391 e. The smallest absolute Gasteiger partial charge is 0.135 e. The lowest BCUT2D eigenvalue weighted by molar-refractivity contribution is 0.114. The highest BCUT2D eigenvalue weighted by Crippen LogP contribution is 2.18. The quantitative estimate of drug-likeness (QED) is 0.683. The molecule has 0 fully saturated rings. The summed E-state index contributed by atoms with van der Waals surface area (Å²) in [5.74, 6) is 2.96. The third kappa shape index (κ3) is 4.63. The Morgan fingerprint density at radius 2 is 1.75 bits per heavy atom. The number of aliphatic hydroxyl groups is 1. The molecule has 3 N–H and O–H groups in total. The van der Waals surface area contributed by atoms with E-state index in [0.29, 0.717) is 12.5 Å². The molecule has 0 aliphatic rings. The number of nitrogens with zero attached hydrogens (tertiary/aromatic N) is 2. The van der Waals surface area contributed by atoms with Gasteiger partial charge in [0.2, 0.25) is 0 Å². The minimum Gasteiger partial charge on any atom is -0.391 e. The van der Waals surface area contributed by atoms with Crippen molar-refractivity contribution in [2.24, 2.45) is 5.92 Å². The molecule has 1 heterocycles. The van der Waals surface area contributed by atoms with Gasteiger partial charge in [-0.05, 0) is 5.92 Å². The molecule has 1 rings (SSSR count). The van der Waals surface area contributed by atoms with Gasteiger partial charge >= 0.3 is 0 Å². The van der Waals surface area contributed by atoms with Crippen molar-refractivity contribution in [2.45, 2.75) is 52.6 Å². The number of aliphatic hydroxyl groups excluding tert-OH is 1. The Hall–Kier alpha value is -1.36. The van der Waals surface area contributed by atoms with Gasteiger partial charge in [0.05, 0.1) is 6.10 Å². The second kappa shape index (κ2) is 8.04. The van der Waals surface area contributed by atoms with Gasteiger partial charge in [-0.1, -0.05) is 40.5 Å². The Kier molecular flexibility index (Phi) is 6.71. The van der Waals surface area contributed by atoms with E-state index in [0.717, 1.165) is 30.3 Å². The molecular weight excluding hydrogens is 252 g/mol. The molecule has 0 radical (unpaired) electrons. The molecular formula is C15H28N4O. The van der Waals surface area contributed by atoms with E-state index in [-0.39, 0.29) is 12.0 Å². The van der Waals surface area contributed by atoms with Crippen molar-refractivity contribution < 1.29 is 5.11 Å². The summed E-state index contributed by atoms with van der Waals surface area (Å²) < 4.78 is 0. The molecule has 0 aliphatic heterocycles. The first kappa shape index (κ1) is 16.7. The average Bonchev–Trinajstić information content (AvgIpc) is 2.45. The molecule has 114 valence electrons. The molecule has 1 aromatic rings. The minimum atomic E-state index is -0.347. The Bertz CT molecular complexity index is 405. The molecule has 5 heteroatoms. The van der Waals surface area contributed by atoms with Gasteiger partial charge in [-0.15, -0.1) is 0 Å².